The summed E-state index contributed by atoms with van der Waals surface area (Å²) in [4.78, 5) is 8.48. The van der Waals surface area contributed by atoms with Crippen LogP contribution in [0.4, 0.5) is 5.82 Å². The summed E-state index contributed by atoms with van der Waals surface area (Å²) in [5, 5.41) is 3.24. The van der Waals surface area contributed by atoms with Gasteiger partial charge in [-0.15, -0.1) is 0 Å². The summed E-state index contributed by atoms with van der Waals surface area (Å²) < 4.78 is 5.83. The molecule has 80 valence electrons. The first kappa shape index (κ1) is 9.15. The first-order chi connectivity index (χ1) is 7.93. The highest BCUT2D eigenvalue weighted by Gasteiger charge is 2.21. The fourth-order valence-corrected chi connectivity index (χ4v) is 1.73. The number of rotatable bonds is 1. The number of hydrogen-bond donors (Lipinski definition) is 1. The Hall–Kier alpha value is -2.10. The van der Waals surface area contributed by atoms with E-state index in [2.05, 4.69) is 15.3 Å². The van der Waals surface area contributed by atoms with Gasteiger partial charge in [0, 0.05) is 12.4 Å². The van der Waals surface area contributed by atoms with Gasteiger partial charge in [0.2, 0.25) is 0 Å². The lowest BCUT2D eigenvalue weighted by atomic mass is 10.2. The molecule has 3 rings (SSSR count). The Morgan fingerprint density at radius 1 is 1.12 bits per heavy atom. The van der Waals surface area contributed by atoms with Crippen molar-refractivity contribution in [2.45, 2.75) is 6.10 Å². The molecule has 0 aromatic carbocycles. The van der Waals surface area contributed by atoms with Crippen molar-refractivity contribution in [2.24, 2.45) is 0 Å². The number of pyridine rings is 2. The highest BCUT2D eigenvalue weighted by Crippen LogP contribution is 2.31. The quantitative estimate of drug-likeness (QED) is 0.787. The highest BCUT2D eigenvalue weighted by molar-refractivity contribution is 5.51. The molecule has 0 saturated heterocycles. The molecule has 0 spiro atoms. The van der Waals surface area contributed by atoms with Crippen LogP contribution in [-0.2, 0) is 0 Å². The zero-order valence-corrected chi connectivity index (χ0v) is 8.63. The lowest BCUT2D eigenvalue weighted by Crippen LogP contribution is -2.24. The molecule has 1 unspecified atom stereocenters. The second-order valence-corrected chi connectivity index (χ2v) is 3.59. The van der Waals surface area contributed by atoms with E-state index in [1.807, 2.05) is 30.3 Å². The van der Waals surface area contributed by atoms with Crippen LogP contribution in [0.15, 0.2) is 42.7 Å². The minimum absolute atomic E-state index is 0.0436. The Balaban J connectivity index is 1.89. The van der Waals surface area contributed by atoms with Crippen molar-refractivity contribution in [3.05, 3.63) is 48.4 Å². The number of aromatic nitrogens is 2. The number of fused-ring (bicyclic) bond motifs is 1. The predicted octanol–water partition coefficient (Wildman–Crippen LogP) is 2.02. The Kier molecular flexibility index (Phi) is 2.18. The molecule has 16 heavy (non-hydrogen) atoms. The van der Waals surface area contributed by atoms with Gasteiger partial charge in [0.15, 0.2) is 17.7 Å². The molecule has 4 nitrogen and oxygen atoms in total. The molecule has 2 aromatic rings. The van der Waals surface area contributed by atoms with Crippen molar-refractivity contribution in [3.63, 3.8) is 0 Å². The van der Waals surface area contributed by atoms with Crippen molar-refractivity contribution >= 4 is 5.82 Å². The average Bonchev–Trinajstić information content (AvgIpc) is 2.39. The minimum atomic E-state index is -0.0436. The summed E-state index contributed by atoms with van der Waals surface area (Å²) in [6, 6.07) is 9.60. The van der Waals surface area contributed by atoms with Crippen LogP contribution in [0.2, 0.25) is 0 Å². The molecule has 0 radical (unpaired) electrons. The van der Waals surface area contributed by atoms with Gasteiger partial charge < -0.3 is 10.1 Å². The molecule has 0 aliphatic carbocycles. The molecule has 0 amide bonds. The van der Waals surface area contributed by atoms with Gasteiger partial charge in [0.1, 0.15) is 0 Å². The molecule has 2 aromatic heterocycles. The predicted molar refractivity (Wildman–Crippen MR) is 60.3 cm³/mol. The van der Waals surface area contributed by atoms with Crippen LogP contribution in [0.3, 0.4) is 0 Å². The summed E-state index contributed by atoms with van der Waals surface area (Å²) in [6.45, 7) is 0.695. The molecule has 0 saturated carbocycles. The summed E-state index contributed by atoms with van der Waals surface area (Å²) in [7, 11) is 0. The second-order valence-electron chi connectivity index (χ2n) is 3.59. The zero-order chi connectivity index (χ0) is 10.8. The Bertz CT molecular complexity index is 487. The molecule has 1 aliphatic heterocycles. The Morgan fingerprint density at radius 3 is 2.94 bits per heavy atom. The first-order valence-corrected chi connectivity index (χ1v) is 5.20. The summed E-state index contributed by atoms with van der Waals surface area (Å²) in [5.41, 5.74) is 0.935. The van der Waals surface area contributed by atoms with Crippen LogP contribution in [0.25, 0.3) is 0 Å². The van der Waals surface area contributed by atoms with E-state index < -0.39 is 0 Å². The fourth-order valence-electron chi connectivity index (χ4n) is 1.73. The SMILES string of the molecule is c1ccc(C2CNc3ncccc3O2)nc1. The zero-order valence-electron chi connectivity index (χ0n) is 8.63. The third-order valence-electron chi connectivity index (χ3n) is 2.51. The van der Waals surface area contributed by atoms with Gasteiger partial charge in [-0.2, -0.15) is 0 Å². The molecule has 1 atom stereocenters. The second kappa shape index (κ2) is 3.81. The van der Waals surface area contributed by atoms with Crippen LogP contribution in [-0.4, -0.2) is 16.5 Å². The maximum Gasteiger partial charge on any atom is 0.168 e. The maximum atomic E-state index is 5.83. The molecule has 3 heterocycles. The number of ether oxygens (including phenoxy) is 1. The van der Waals surface area contributed by atoms with Crippen molar-refractivity contribution < 1.29 is 4.74 Å². The lowest BCUT2D eigenvalue weighted by Gasteiger charge is -2.25. The van der Waals surface area contributed by atoms with Crippen molar-refractivity contribution in [2.75, 3.05) is 11.9 Å². The largest absolute Gasteiger partial charge is 0.478 e. The van der Waals surface area contributed by atoms with Gasteiger partial charge in [0.05, 0.1) is 12.2 Å². The van der Waals surface area contributed by atoms with Gasteiger partial charge >= 0.3 is 0 Å². The van der Waals surface area contributed by atoms with E-state index in [1.54, 1.807) is 12.4 Å². The monoisotopic (exact) mass is 213 g/mol. The van der Waals surface area contributed by atoms with Gasteiger partial charge in [-0.25, -0.2) is 4.98 Å². The van der Waals surface area contributed by atoms with Gasteiger partial charge in [-0.05, 0) is 24.3 Å². The smallest absolute Gasteiger partial charge is 0.168 e. The van der Waals surface area contributed by atoms with Crippen LogP contribution >= 0.6 is 0 Å². The number of anilines is 1. The maximum absolute atomic E-state index is 5.83. The van der Waals surface area contributed by atoms with Crippen LogP contribution in [0, 0.1) is 0 Å². The van der Waals surface area contributed by atoms with E-state index in [0.717, 1.165) is 17.3 Å². The third kappa shape index (κ3) is 1.58. The van der Waals surface area contributed by atoms with E-state index >= 15 is 0 Å². The fraction of sp³-hybridized carbons (Fsp3) is 0.167. The molecular weight excluding hydrogens is 202 g/mol. The van der Waals surface area contributed by atoms with Gasteiger partial charge in [0.25, 0.3) is 0 Å². The summed E-state index contributed by atoms with van der Waals surface area (Å²) in [6.07, 6.45) is 3.48. The molecule has 1 N–H and O–H groups in total. The first-order valence-electron chi connectivity index (χ1n) is 5.20. The van der Waals surface area contributed by atoms with E-state index in [-0.39, 0.29) is 6.10 Å². The summed E-state index contributed by atoms with van der Waals surface area (Å²) >= 11 is 0. The van der Waals surface area contributed by atoms with Crippen molar-refractivity contribution in [1.82, 2.24) is 9.97 Å². The third-order valence-corrected chi connectivity index (χ3v) is 2.51. The highest BCUT2D eigenvalue weighted by atomic mass is 16.5. The lowest BCUT2D eigenvalue weighted by molar-refractivity contribution is 0.204. The topological polar surface area (TPSA) is 47.0 Å². The van der Waals surface area contributed by atoms with E-state index in [4.69, 9.17) is 4.74 Å². The number of hydrogen-bond acceptors (Lipinski definition) is 4. The van der Waals surface area contributed by atoms with Crippen molar-refractivity contribution in [3.8, 4) is 5.75 Å². The minimum Gasteiger partial charge on any atom is -0.478 e. The normalized spacial score (nSPS) is 18.1. The molecule has 4 heteroatoms. The standard InChI is InChI=1S/C12H11N3O/c1-2-6-13-9(4-1)11-8-15-12-10(16-11)5-3-7-14-12/h1-7,11H,8H2,(H,14,15). The Labute approximate surface area is 93.3 Å². The van der Waals surface area contributed by atoms with E-state index in [1.165, 1.54) is 0 Å². The van der Waals surface area contributed by atoms with Gasteiger partial charge in [-0.3, -0.25) is 4.98 Å². The van der Waals surface area contributed by atoms with Gasteiger partial charge in [-0.1, -0.05) is 6.07 Å². The van der Waals surface area contributed by atoms with E-state index in [0.29, 0.717) is 6.54 Å². The van der Waals surface area contributed by atoms with E-state index in [9.17, 15) is 0 Å². The summed E-state index contributed by atoms with van der Waals surface area (Å²) in [5.74, 6) is 1.58. The van der Waals surface area contributed by atoms with Crippen LogP contribution < -0.4 is 10.1 Å². The number of nitrogens with one attached hydrogen (secondary N) is 1. The molecule has 0 bridgehead atoms. The van der Waals surface area contributed by atoms with Crippen molar-refractivity contribution in [1.29, 1.82) is 0 Å². The van der Waals surface area contributed by atoms with Crippen LogP contribution in [0.5, 0.6) is 5.75 Å². The Morgan fingerprint density at radius 2 is 2.06 bits per heavy atom. The molecular formula is C12H11N3O. The average molecular weight is 213 g/mol. The van der Waals surface area contributed by atoms with Crippen LogP contribution in [0.1, 0.15) is 11.8 Å². The molecule has 0 fully saturated rings. The molecule has 1 aliphatic rings. The number of nitrogens with zero attached hydrogens (tertiary/aromatic N) is 2.